The largest absolute Gasteiger partial charge is 0.481 e. The Kier molecular flexibility index (Phi) is 2.29. The van der Waals surface area contributed by atoms with Crippen molar-refractivity contribution >= 4 is 22.8 Å². The molecule has 1 aromatic carbocycles. The molecule has 1 saturated carbocycles. The van der Waals surface area contributed by atoms with Gasteiger partial charge in [0.1, 0.15) is 5.52 Å². The summed E-state index contributed by atoms with van der Waals surface area (Å²) < 4.78 is 5.41. The molecule has 1 aliphatic carbocycles. The molecule has 2 aromatic rings. The van der Waals surface area contributed by atoms with Crippen molar-refractivity contribution in [1.29, 1.82) is 0 Å². The zero-order valence-corrected chi connectivity index (χ0v) is 10.3. The lowest BCUT2D eigenvalue weighted by Gasteiger charge is -2.18. The molecule has 0 aliphatic heterocycles. The lowest BCUT2D eigenvalue weighted by molar-refractivity contribution is -0.138. The molecule has 0 radical (unpaired) electrons. The topological polar surface area (TPSA) is 66.6 Å². The second-order valence-electron chi connectivity index (χ2n) is 4.74. The Hall–Kier alpha value is -2.04. The number of aryl methyl sites for hydroxylation is 1. The molecule has 5 nitrogen and oxygen atoms in total. The smallest absolute Gasteiger partial charge is 0.308 e. The number of anilines is 1. The highest BCUT2D eigenvalue weighted by Crippen LogP contribution is 2.38. The summed E-state index contributed by atoms with van der Waals surface area (Å²) in [6.07, 6.45) is 0.710. The van der Waals surface area contributed by atoms with Crippen LogP contribution in [0, 0.1) is 12.8 Å². The maximum Gasteiger partial charge on any atom is 0.308 e. The molecule has 5 heteroatoms. The van der Waals surface area contributed by atoms with Crippen molar-refractivity contribution in [2.75, 3.05) is 11.9 Å². The van der Waals surface area contributed by atoms with E-state index >= 15 is 0 Å². The van der Waals surface area contributed by atoms with Gasteiger partial charge in [0.25, 0.3) is 0 Å². The number of aliphatic carboxylic acids is 1. The Bertz CT molecular complexity index is 620. The van der Waals surface area contributed by atoms with Gasteiger partial charge in [-0.1, -0.05) is 0 Å². The minimum atomic E-state index is -0.717. The number of rotatable bonds is 3. The quantitative estimate of drug-likeness (QED) is 0.897. The van der Waals surface area contributed by atoms with E-state index in [1.165, 1.54) is 0 Å². The Morgan fingerprint density at radius 1 is 1.56 bits per heavy atom. The van der Waals surface area contributed by atoms with E-state index in [4.69, 9.17) is 9.52 Å². The van der Waals surface area contributed by atoms with E-state index in [-0.39, 0.29) is 12.0 Å². The summed E-state index contributed by atoms with van der Waals surface area (Å²) in [5.74, 6) is -0.324. The van der Waals surface area contributed by atoms with Crippen LogP contribution in [0.15, 0.2) is 22.6 Å². The molecule has 1 aliphatic rings. The lowest BCUT2D eigenvalue weighted by atomic mass is 10.2. The van der Waals surface area contributed by atoms with Crippen LogP contribution in [-0.4, -0.2) is 29.1 Å². The fraction of sp³-hybridized carbons (Fsp3) is 0.385. The number of oxazole rings is 1. The Balaban J connectivity index is 1.88. The first-order chi connectivity index (χ1) is 8.56. The SMILES string of the molecule is Cc1nc2cc(N(C)C3CC3C(=O)O)ccc2o1. The van der Waals surface area contributed by atoms with Crippen molar-refractivity contribution in [3.05, 3.63) is 24.1 Å². The van der Waals surface area contributed by atoms with E-state index in [1.807, 2.05) is 37.1 Å². The first kappa shape index (κ1) is 11.1. The van der Waals surface area contributed by atoms with E-state index in [0.29, 0.717) is 12.3 Å². The number of benzene rings is 1. The second kappa shape index (κ2) is 3.73. The van der Waals surface area contributed by atoms with Gasteiger partial charge >= 0.3 is 5.97 Å². The monoisotopic (exact) mass is 246 g/mol. The van der Waals surface area contributed by atoms with Crippen LogP contribution in [0.3, 0.4) is 0 Å². The molecule has 0 amide bonds. The minimum Gasteiger partial charge on any atom is -0.481 e. The molecule has 2 atom stereocenters. The Morgan fingerprint density at radius 3 is 3.00 bits per heavy atom. The van der Waals surface area contributed by atoms with Crippen molar-refractivity contribution in [1.82, 2.24) is 4.98 Å². The van der Waals surface area contributed by atoms with Gasteiger partial charge in [-0.15, -0.1) is 0 Å². The molecule has 1 N–H and O–H groups in total. The van der Waals surface area contributed by atoms with Crippen LogP contribution in [0.5, 0.6) is 0 Å². The normalized spacial score (nSPS) is 22.1. The van der Waals surface area contributed by atoms with E-state index in [9.17, 15) is 4.79 Å². The summed E-state index contributed by atoms with van der Waals surface area (Å²) in [6, 6.07) is 5.83. The van der Waals surface area contributed by atoms with Crippen molar-refractivity contribution in [3.8, 4) is 0 Å². The van der Waals surface area contributed by atoms with Gasteiger partial charge < -0.3 is 14.4 Å². The van der Waals surface area contributed by atoms with Crippen LogP contribution in [0.4, 0.5) is 5.69 Å². The van der Waals surface area contributed by atoms with Crippen molar-refractivity contribution < 1.29 is 14.3 Å². The number of nitrogens with zero attached hydrogens (tertiary/aromatic N) is 2. The van der Waals surface area contributed by atoms with Gasteiger partial charge in [0.15, 0.2) is 11.5 Å². The maximum atomic E-state index is 10.9. The van der Waals surface area contributed by atoms with Crippen molar-refractivity contribution in [2.45, 2.75) is 19.4 Å². The van der Waals surface area contributed by atoms with Gasteiger partial charge in [0.05, 0.1) is 5.92 Å². The molecule has 0 saturated heterocycles. The van der Waals surface area contributed by atoms with Gasteiger partial charge in [-0.3, -0.25) is 4.79 Å². The number of fused-ring (bicyclic) bond motifs is 1. The number of aromatic nitrogens is 1. The maximum absolute atomic E-state index is 10.9. The zero-order valence-electron chi connectivity index (χ0n) is 10.3. The van der Waals surface area contributed by atoms with Crippen molar-refractivity contribution in [3.63, 3.8) is 0 Å². The van der Waals surface area contributed by atoms with Crippen LogP contribution < -0.4 is 4.90 Å². The van der Waals surface area contributed by atoms with E-state index in [0.717, 1.165) is 16.8 Å². The average molecular weight is 246 g/mol. The third-order valence-electron chi connectivity index (χ3n) is 3.46. The number of hydrogen-bond donors (Lipinski definition) is 1. The Morgan fingerprint density at radius 2 is 2.33 bits per heavy atom. The third kappa shape index (κ3) is 1.72. The van der Waals surface area contributed by atoms with E-state index < -0.39 is 5.97 Å². The highest BCUT2D eigenvalue weighted by Gasteiger charge is 2.46. The predicted molar refractivity (Wildman–Crippen MR) is 66.7 cm³/mol. The molecule has 1 aromatic heterocycles. The number of hydrogen-bond acceptors (Lipinski definition) is 4. The van der Waals surface area contributed by atoms with Crippen LogP contribution in [0.2, 0.25) is 0 Å². The molecule has 1 heterocycles. The van der Waals surface area contributed by atoms with Crippen LogP contribution >= 0.6 is 0 Å². The fourth-order valence-corrected chi connectivity index (χ4v) is 2.32. The minimum absolute atomic E-state index is 0.0907. The highest BCUT2D eigenvalue weighted by molar-refractivity contribution is 5.79. The summed E-state index contributed by atoms with van der Waals surface area (Å²) in [4.78, 5) is 17.2. The summed E-state index contributed by atoms with van der Waals surface area (Å²) in [5.41, 5.74) is 2.55. The first-order valence-electron chi connectivity index (χ1n) is 5.89. The number of carbonyl (C=O) groups is 1. The molecule has 3 rings (SSSR count). The summed E-state index contributed by atoms with van der Waals surface area (Å²) in [5, 5.41) is 8.94. The molecular formula is C13H14N2O3. The molecule has 2 unspecified atom stereocenters. The summed E-state index contributed by atoms with van der Waals surface area (Å²) in [7, 11) is 1.92. The van der Waals surface area contributed by atoms with Gasteiger partial charge in [-0.25, -0.2) is 4.98 Å². The van der Waals surface area contributed by atoms with E-state index in [2.05, 4.69) is 4.98 Å². The second-order valence-corrected chi connectivity index (χ2v) is 4.74. The molecule has 1 fully saturated rings. The molecule has 18 heavy (non-hydrogen) atoms. The average Bonchev–Trinajstić information content (AvgIpc) is 3.03. The molecule has 0 bridgehead atoms. The van der Waals surface area contributed by atoms with Gasteiger partial charge in [0, 0.05) is 25.7 Å². The van der Waals surface area contributed by atoms with Gasteiger partial charge in [-0.05, 0) is 24.6 Å². The zero-order chi connectivity index (χ0) is 12.9. The first-order valence-corrected chi connectivity index (χ1v) is 5.89. The van der Waals surface area contributed by atoms with Crippen molar-refractivity contribution in [2.24, 2.45) is 5.92 Å². The summed E-state index contributed by atoms with van der Waals surface area (Å²) >= 11 is 0. The van der Waals surface area contributed by atoms with Gasteiger partial charge in [0.2, 0.25) is 0 Å². The third-order valence-corrected chi connectivity index (χ3v) is 3.46. The Labute approximate surface area is 104 Å². The molecule has 0 spiro atoms. The summed E-state index contributed by atoms with van der Waals surface area (Å²) in [6.45, 7) is 1.81. The molecular weight excluding hydrogens is 232 g/mol. The van der Waals surface area contributed by atoms with Crippen LogP contribution in [0.1, 0.15) is 12.3 Å². The van der Waals surface area contributed by atoms with Crippen LogP contribution in [0.25, 0.3) is 11.1 Å². The van der Waals surface area contributed by atoms with E-state index in [1.54, 1.807) is 0 Å². The fourth-order valence-electron chi connectivity index (χ4n) is 2.32. The standard InChI is InChI=1S/C13H14N2O3/c1-7-14-10-5-8(3-4-12(10)18-7)15(2)11-6-9(11)13(16)17/h3-5,9,11H,6H2,1-2H3,(H,16,17). The highest BCUT2D eigenvalue weighted by atomic mass is 16.4. The molecule has 94 valence electrons. The van der Waals surface area contributed by atoms with Gasteiger partial charge in [-0.2, -0.15) is 0 Å². The number of carboxylic acids is 1. The van der Waals surface area contributed by atoms with Crippen LogP contribution in [-0.2, 0) is 4.79 Å². The predicted octanol–water partition coefficient (Wildman–Crippen LogP) is 2.05. The lowest BCUT2D eigenvalue weighted by Crippen LogP contribution is -2.23. The number of carboxylic acid groups (broad SMARTS) is 1.